The number of rotatable bonds is 11. The second-order valence-corrected chi connectivity index (χ2v) is 6.59. The SMILES string of the molecule is CCCCCCCCCCC1CC1C[n+]1ccccc1.[Br-]. The van der Waals surface area contributed by atoms with Crippen LogP contribution in [-0.2, 0) is 6.54 Å². The van der Waals surface area contributed by atoms with Crippen LogP contribution in [0, 0.1) is 11.8 Å². The van der Waals surface area contributed by atoms with Crippen LogP contribution >= 0.6 is 0 Å². The predicted molar refractivity (Wildman–Crippen MR) is 85.5 cm³/mol. The van der Waals surface area contributed by atoms with E-state index >= 15 is 0 Å². The van der Waals surface area contributed by atoms with Crippen LogP contribution in [0.2, 0.25) is 0 Å². The number of hydrogen-bond donors (Lipinski definition) is 0. The maximum atomic E-state index is 2.35. The van der Waals surface area contributed by atoms with Crippen molar-refractivity contribution in [2.75, 3.05) is 0 Å². The summed E-state index contributed by atoms with van der Waals surface area (Å²) < 4.78 is 2.35. The fourth-order valence-corrected chi connectivity index (χ4v) is 3.25. The number of nitrogens with zero attached hydrogens (tertiary/aromatic N) is 1. The molecule has 1 fully saturated rings. The molecule has 2 heteroatoms. The maximum absolute atomic E-state index is 2.35. The number of halogens is 1. The van der Waals surface area contributed by atoms with E-state index in [2.05, 4.69) is 42.1 Å². The lowest BCUT2D eigenvalue weighted by molar-refractivity contribution is -0.700. The summed E-state index contributed by atoms with van der Waals surface area (Å²) in [6, 6.07) is 6.37. The number of pyridine rings is 1. The zero-order valence-corrected chi connectivity index (χ0v) is 15.2. The van der Waals surface area contributed by atoms with Crippen molar-refractivity contribution in [2.24, 2.45) is 11.8 Å². The van der Waals surface area contributed by atoms with Gasteiger partial charge in [-0.1, -0.05) is 64.4 Å². The monoisotopic (exact) mass is 353 g/mol. The Balaban J connectivity index is 0.00000220. The minimum Gasteiger partial charge on any atom is -1.00 e. The fraction of sp³-hybridized carbons (Fsp3) is 0.737. The van der Waals surface area contributed by atoms with E-state index in [4.69, 9.17) is 0 Å². The van der Waals surface area contributed by atoms with Crippen molar-refractivity contribution in [3.8, 4) is 0 Å². The molecule has 21 heavy (non-hydrogen) atoms. The molecule has 0 spiro atoms. The van der Waals surface area contributed by atoms with E-state index in [1.807, 2.05) is 0 Å². The highest BCUT2D eigenvalue weighted by Crippen LogP contribution is 2.42. The minimum atomic E-state index is 0. The Morgan fingerprint density at radius 1 is 0.810 bits per heavy atom. The van der Waals surface area contributed by atoms with E-state index in [0.717, 1.165) is 11.8 Å². The van der Waals surface area contributed by atoms with Crippen molar-refractivity contribution < 1.29 is 21.5 Å². The van der Waals surface area contributed by atoms with E-state index in [9.17, 15) is 0 Å². The lowest BCUT2D eigenvalue weighted by atomic mass is 10.1. The van der Waals surface area contributed by atoms with Crippen molar-refractivity contribution in [1.82, 2.24) is 0 Å². The number of unbranched alkanes of at least 4 members (excludes halogenated alkanes) is 7. The molecular formula is C19H32BrN. The van der Waals surface area contributed by atoms with E-state index in [0.29, 0.717) is 0 Å². The molecular weight excluding hydrogens is 322 g/mol. The Hall–Kier alpha value is -0.370. The molecule has 1 aromatic heterocycles. The summed E-state index contributed by atoms with van der Waals surface area (Å²) in [5.74, 6) is 2.00. The first-order chi connectivity index (χ1) is 9.90. The topological polar surface area (TPSA) is 3.88 Å². The Labute approximate surface area is 141 Å². The highest BCUT2D eigenvalue weighted by molar-refractivity contribution is 4.86. The van der Waals surface area contributed by atoms with Crippen molar-refractivity contribution >= 4 is 0 Å². The summed E-state index contributed by atoms with van der Waals surface area (Å²) in [5, 5.41) is 0. The fourth-order valence-electron chi connectivity index (χ4n) is 3.25. The summed E-state index contributed by atoms with van der Waals surface area (Å²) in [4.78, 5) is 0. The molecule has 1 aliphatic carbocycles. The molecule has 0 radical (unpaired) electrons. The first-order valence-corrected chi connectivity index (χ1v) is 8.84. The van der Waals surface area contributed by atoms with Gasteiger partial charge in [-0.2, -0.15) is 0 Å². The third-order valence-electron chi connectivity index (χ3n) is 4.72. The molecule has 0 aliphatic heterocycles. The molecule has 0 aromatic carbocycles. The quantitative estimate of drug-likeness (QED) is 0.424. The Morgan fingerprint density at radius 3 is 2.10 bits per heavy atom. The average Bonchev–Trinajstić information content (AvgIpc) is 3.21. The summed E-state index contributed by atoms with van der Waals surface area (Å²) in [6.07, 6.45) is 18.9. The van der Waals surface area contributed by atoms with Gasteiger partial charge in [-0.05, 0) is 18.8 Å². The third kappa shape index (κ3) is 7.99. The van der Waals surface area contributed by atoms with Gasteiger partial charge in [0.25, 0.3) is 0 Å². The van der Waals surface area contributed by atoms with Gasteiger partial charge in [-0.15, -0.1) is 0 Å². The van der Waals surface area contributed by atoms with E-state index in [1.54, 1.807) is 0 Å². The van der Waals surface area contributed by atoms with Crippen LogP contribution in [0.3, 0.4) is 0 Å². The predicted octanol–water partition coefficient (Wildman–Crippen LogP) is 2.14. The van der Waals surface area contributed by atoms with Crippen LogP contribution in [0.5, 0.6) is 0 Å². The standard InChI is InChI=1S/C19H32N.BrH/c1-2-3-4-5-6-7-8-10-13-18-16-19(18)17-20-14-11-9-12-15-20;/h9,11-12,14-15,18-19H,2-8,10,13,16-17H2,1H3;1H/q+1;/p-1. The molecule has 1 heterocycles. The Kier molecular flexibility index (Phi) is 9.99. The zero-order valence-electron chi connectivity index (χ0n) is 13.6. The van der Waals surface area contributed by atoms with E-state index in [-0.39, 0.29) is 17.0 Å². The van der Waals surface area contributed by atoms with E-state index < -0.39 is 0 Å². The molecule has 1 nitrogen and oxygen atoms in total. The number of hydrogen-bond acceptors (Lipinski definition) is 0. The lowest BCUT2D eigenvalue weighted by Crippen LogP contribution is -3.00. The first-order valence-electron chi connectivity index (χ1n) is 8.84. The van der Waals surface area contributed by atoms with Crippen LogP contribution in [0.25, 0.3) is 0 Å². The molecule has 2 unspecified atom stereocenters. The highest BCUT2D eigenvalue weighted by atomic mass is 79.9. The molecule has 1 saturated carbocycles. The van der Waals surface area contributed by atoms with Gasteiger partial charge in [-0.25, -0.2) is 4.57 Å². The van der Waals surface area contributed by atoms with Gasteiger partial charge in [-0.3, -0.25) is 0 Å². The Bertz CT molecular complexity index is 352. The molecule has 2 rings (SSSR count). The van der Waals surface area contributed by atoms with Gasteiger partial charge < -0.3 is 17.0 Å². The lowest BCUT2D eigenvalue weighted by Gasteiger charge is -2.01. The van der Waals surface area contributed by atoms with Crippen LogP contribution in [0.15, 0.2) is 30.6 Å². The number of aromatic nitrogens is 1. The zero-order chi connectivity index (χ0) is 14.0. The first kappa shape index (κ1) is 18.7. The maximum Gasteiger partial charge on any atom is 0.168 e. The molecule has 1 aliphatic rings. The molecule has 0 bridgehead atoms. The normalized spacial score (nSPS) is 20.0. The molecule has 0 amide bonds. The van der Waals surface area contributed by atoms with Crippen LogP contribution in [0.1, 0.15) is 71.1 Å². The second-order valence-electron chi connectivity index (χ2n) is 6.59. The van der Waals surface area contributed by atoms with Crippen LogP contribution in [-0.4, -0.2) is 0 Å². The van der Waals surface area contributed by atoms with Gasteiger partial charge in [0.2, 0.25) is 0 Å². The summed E-state index contributed by atoms with van der Waals surface area (Å²) >= 11 is 0. The van der Waals surface area contributed by atoms with Crippen molar-refractivity contribution in [1.29, 1.82) is 0 Å². The van der Waals surface area contributed by atoms with Crippen LogP contribution < -0.4 is 21.5 Å². The molecule has 0 saturated heterocycles. The smallest absolute Gasteiger partial charge is 0.168 e. The largest absolute Gasteiger partial charge is 1.00 e. The third-order valence-corrected chi connectivity index (χ3v) is 4.72. The minimum absolute atomic E-state index is 0. The second kappa shape index (κ2) is 11.2. The summed E-state index contributed by atoms with van der Waals surface area (Å²) in [6.45, 7) is 3.53. The summed E-state index contributed by atoms with van der Waals surface area (Å²) in [5.41, 5.74) is 0. The van der Waals surface area contributed by atoms with Crippen LogP contribution in [0.4, 0.5) is 0 Å². The van der Waals surface area contributed by atoms with Crippen molar-refractivity contribution in [3.63, 3.8) is 0 Å². The van der Waals surface area contributed by atoms with Gasteiger partial charge in [0.15, 0.2) is 18.9 Å². The van der Waals surface area contributed by atoms with Crippen molar-refractivity contribution in [2.45, 2.75) is 77.7 Å². The average molecular weight is 354 g/mol. The van der Waals surface area contributed by atoms with Gasteiger partial charge in [0.05, 0.1) is 0 Å². The molecule has 2 atom stereocenters. The van der Waals surface area contributed by atoms with Crippen molar-refractivity contribution in [3.05, 3.63) is 30.6 Å². The molecule has 120 valence electrons. The van der Waals surface area contributed by atoms with E-state index in [1.165, 1.54) is 70.8 Å². The highest BCUT2D eigenvalue weighted by Gasteiger charge is 2.38. The molecule has 0 N–H and O–H groups in total. The van der Waals surface area contributed by atoms with Gasteiger partial charge >= 0.3 is 0 Å². The van der Waals surface area contributed by atoms with Gasteiger partial charge in [0.1, 0.15) is 0 Å². The van der Waals surface area contributed by atoms with Gasteiger partial charge in [0, 0.05) is 18.1 Å². The Morgan fingerprint density at radius 2 is 1.43 bits per heavy atom. The molecule has 1 aromatic rings. The summed E-state index contributed by atoms with van der Waals surface area (Å²) in [7, 11) is 0.